The third-order valence-electron chi connectivity index (χ3n) is 2.50. The first-order chi connectivity index (χ1) is 9.42. The molecule has 106 valence electrons. The average Bonchev–Trinajstić information content (AvgIpc) is 2.43. The Balaban J connectivity index is 2.27. The van der Waals surface area contributed by atoms with Crippen molar-refractivity contribution in [3.8, 4) is 0 Å². The summed E-state index contributed by atoms with van der Waals surface area (Å²) in [5.74, 6) is 4.58. The van der Waals surface area contributed by atoms with Crippen molar-refractivity contribution in [3.05, 3.63) is 53.3 Å². The Morgan fingerprint density at radius 1 is 1.05 bits per heavy atom. The van der Waals surface area contributed by atoms with Crippen molar-refractivity contribution < 1.29 is 12.8 Å². The molecule has 0 atom stereocenters. The van der Waals surface area contributed by atoms with Crippen molar-refractivity contribution in [2.24, 2.45) is 5.84 Å². The summed E-state index contributed by atoms with van der Waals surface area (Å²) >= 11 is 5.60. The number of rotatable bonds is 4. The predicted molar refractivity (Wildman–Crippen MR) is 76.5 cm³/mol. The Kier molecular flexibility index (Phi) is 4.12. The molecule has 0 aliphatic carbocycles. The Morgan fingerprint density at radius 3 is 2.20 bits per heavy atom. The topological polar surface area (TPSA) is 84.2 Å². The van der Waals surface area contributed by atoms with Crippen LogP contribution in [-0.2, 0) is 10.0 Å². The number of nitrogen functional groups attached to an aromatic ring is 1. The second kappa shape index (κ2) is 5.66. The Labute approximate surface area is 120 Å². The van der Waals surface area contributed by atoms with Gasteiger partial charge in [0.25, 0.3) is 10.0 Å². The van der Waals surface area contributed by atoms with Crippen molar-refractivity contribution in [2.75, 3.05) is 10.1 Å². The number of hydrogen-bond donors (Lipinski definition) is 3. The van der Waals surface area contributed by atoms with E-state index in [2.05, 4.69) is 10.1 Å². The van der Waals surface area contributed by atoms with Crippen LogP contribution in [0.2, 0.25) is 5.02 Å². The lowest BCUT2D eigenvalue weighted by atomic mass is 10.3. The van der Waals surface area contributed by atoms with Gasteiger partial charge in [0.1, 0.15) is 5.82 Å². The van der Waals surface area contributed by atoms with E-state index >= 15 is 0 Å². The van der Waals surface area contributed by atoms with Gasteiger partial charge in [0, 0.05) is 5.69 Å². The zero-order valence-electron chi connectivity index (χ0n) is 10.1. The standard InChI is InChI=1S/C12H11ClFN3O2S/c13-11-7-9(3-6-12(11)14)17-20(18,19)10-4-1-8(16-15)2-5-10/h1-7,16-17H,15H2. The summed E-state index contributed by atoms with van der Waals surface area (Å²) in [5, 5.41) is -0.159. The van der Waals surface area contributed by atoms with E-state index in [-0.39, 0.29) is 15.6 Å². The van der Waals surface area contributed by atoms with Crippen LogP contribution in [0.25, 0.3) is 0 Å². The third-order valence-corrected chi connectivity index (χ3v) is 4.19. The number of sulfonamides is 1. The van der Waals surface area contributed by atoms with Crippen molar-refractivity contribution >= 4 is 33.0 Å². The first-order valence-electron chi connectivity index (χ1n) is 5.47. The number of halogens is 2. The number of benzene rings is 2. The lowest BCUT2D eigenvalue weighted by Gasteiger charge is -2.09. The first kappa shape index (κ1) is 14.6. The quantitative estimate of drug-likeness (QED) is 0.598. The predicted octanol–water partition coefficient (Wildman–Crippen LogP) is 2.57. The van der Waals surface area contributed by atoms with E-state index in [1.807, 2.05) is 0 Å². The highest BCUT2D eigenvalue weighted by Crippen LogP contribution is 2.22. The summed E-state index contributed by atoms with van der Waals surface area (Å²) in [5.41, 5.74) is 3.15. The van der Waals surface area contributed by atoms with Crippen molar-refractivity contribution in [3.63, 3.8) is 0 Å². The maximum absolute atomic E-state index is 13.0. The van der Waals surface area contributed by atoms with Gasteiger partial charge in [-0.15, -0.1) is 0 Å². The van der Waals surface area contributed by atoms with Gasteiger partial charge in [-0.3, -0.25) is 10.6 Å². The molecule has 0 amide bonds. The maximum atomic E-state index is 13.0. The zero-order valence-corrected chi connectivity index (χ0v) is 11.7. The van der Waals surface area contributed by atoms with Gasteiger partial charge in [-0.2, -0.15) is 0 Å². The monoisotopic (exact) mass is 315 g/mol. The van der Waals surface area contributed by atoms with Crippen LogP contribution in [-0.4, -0.2) is 8.42 Å². The molecule has 5 nitrogen and oxygen atoms in total. The number of hydrazine groups is 1. The molecule has 8 heteroatoms. The van der Waals surface area contributed by atoms with Crippen molar-refractivity contribution in [2.45, 2.75) is 4.90 Å². The van der Waals surface area contributed by atoms with E-state index in [9.17, 15) is 12.8 Å². The molecule has 4 N–H and O–H groups in total. The molecule has 2 aromatic carbocycles. The van der Waals surface area contributed by atoms with E-state index in [4.69, 9.17) is 17.4 Å². The molecular weight excluding hydrogens is 305 g/mol. The number of nitrogens with two attached hydrogens (primary N) is 1. The van der Waals surface area contributed by atoms with E-state index in [0.717, 1.165) is 6.07 Å². The largest absolute Gasteiger partial charge is 0.324 e. The normalized spacial score (nSPS) is 11.2. The summed E-state index contributed by atoms with van der Waals surface area (Å²) in [6, 6.07) is 9.39. The summed E-state index contributed by atoms with van der Waals surface area (Å²) in [7, 11) is -3.77. The van der Waals surface area contributed by atoms with Gasteiger partial charge >= 0.3 is 0 Å². The Hall–Kier alpha value is -1.83. The van der Waals surface area contributed by atoms with Crippen LogP contribution >= 0.6 is 11.6 Å². The Morgan fingerprint density at radius 2 is 1.65 bits per heavy atom. The van der Waals surface area contributed by atoms with Crippen LogP contribution < -0.4 is 16.0 Å². The molecule has 0 saturated heterocycles. The smallest absolute Gasteiger partial charge is 0.261 e. The third kappa shape index (κ3) is 3.19. The van der Waals surface area contributed by atoms with Crippen molar-refractivity contribution in [1.29, 1.82) is 0 Å². The second-order valence-electron chi connectivity index (χ2n) is 3.90. The van der Waals surface area contributed by atoms with Gasteiger partial charge in [-0.25, -0.2) is 12.8 Å². The van der Waals surface area contributed by atoms with Gasteiger partial charge in [0.15, 0.2) is 0 Å². The molecule has 0 bridgehead atoms. The van der Waals surface area contributed by atoms with Gasteiger partial charge in [0.05, 0.1) is 15.6 Å². The molecule has 2 aromatic rings. The van der Waals surface area contributed by atoms with Crippen LogP contribution in [0.5, 0.6) is 0 Å². The second-order valence-corrected chi connectivity index (χ2v) is 5.99. The zero-order chi connectivity index (χ0) is 14.8. The molecule has 0 radical (unpaired) electrons. The fraction of sp³-hybridized carbons (Fsp3) is 0. The lowest BCUT2D eigenvalue weighted by Crippen LogP contribution is -2.13. The molecule has 0 saturated carbocycles. The fourth-order valence-corrected chi connectivity index (χ4v) is 2.73. The van der Waals surface area contributed by atoms with Crippen LogP contribution in [0.3, 0.4) is 0 Å². The summed E-state index contributed by atoms with van der Waals surface area (Å²) in [6.07, 6.45) is 0. The minimum atomic E-state index is -3.77. The summed E-state index contributed by atoms with van der Waals surface area (Å²) < 4.78 is 39.5. The van der Waals surface area contributed by atoms with Gasteiger partial charge in [0.2, 0.25) is 0 Å². The van der Waals surface area contributed by atoms with Gasteiger partial charge < -0.3 is 5.43 Å². The minimum absolute atomic E-state index is 0.0527. The lowest BCUT2D eigenvalue weighted by molar-refractivity contribution is 0.601. The highest BCUT2D eigenvalue weighted by molar-refractivity contribution is 7.92. The summed E-state index contributed by atoms with van der Waals surface area (Å²) in [4.78, 5) is 0.0527. The van der Waals surface area contributed by atoms with E-state index < -0.39 is 15.8 Å². The highest BCUT2D eigenvalue weighted by Gasteiger charge is 2.14. The molecule has 0 spiro atoms. The average molecular weight is 316 g/mol. The molecule has 0 heterocycles. The fourth-order valence-electron chi connectivity index (χ4n) is 1.50. The van der Waals surface area contributed by atoms with E-state index in [1.165, 1.54) is 36.4 Å². The van der Waals surface area contributed by atoms with E-state index in [0.29, 0.717) is 5.69 Å². The van der Waals surface area contributed by atoms with Crippen LogP contribution in [0.15, 0.2) is 47.4 Å². The molecule has 0 aliphatic rings. The molecule has 20 heavy (non-hydrogen) atoms. The molecule has 0 unspecified atom stereocenters. The number of anilines is 2. The highest BCUT2D eigenvalue weighted by atomic mass is 35.5. The maximum Gasteiger partial charge on any atom is 0.261 e. The van der Waals surface area contributed by atoms with Crippen molar-refractivity contribution in [1.82, 2.24) is 0 Å². The van der Waals surface area contributed by atoms with Gasteiger partial charge in [-0.05, 0) is 42.5 Å². The SMILES string of the molecule is NNc1ccc(S(=O)(=O)Nc2ccc(F)c(Cl)c2)cc1. The molecule has 2 rings (SSSR count). The van der Waals surface area contributed by atoms with Gasteiger partial charge in [-0.1, -0.05) is 11.6 Å². The molecule has 0 aliphatic heterocycles. The molecule has 0 aromatic heterocycles. The first-order valence-corrected chi connectivity index (χ1v) is 7.33. The Bertz CT molecular complexity index is 720. The number of hydrogen-bond acceptors (Lipinski definition) is 4. The van der Waals surface area contributed by atoms with E-state index in [1.54, 1.807) is 0 Å². The van der Waals surface area contributed by atoms with Crippen LogP contribution in [0.1, 0.15) is 0 Å². The minimum Gasteiger partial charge on any atom is -0.324 e. The summed E-state index contributed by atoms with van der Waals surface area (Å²) in [6.45, 7) is 0. The number of nitrogens with one attached hydrogen (secondary N) is 2. The molecular formula is C12H11ClFN3O2S. The van der Waals surface area contributed by atoms with Crippen LogP contribution in [0.4, 0.5) is 15.8 Å². The molecule has 0 fully saturated rings. The van der Waals surface area contributed by atoms with Crippen LogP contribution in [0, 0.1) is 5.82 Å².